The second-order valence-electron chi connectivity index (χ2n) is 9.13. The van der Waals surface area contributed by atoms with Crippen molar-refractivity contribution in [3.05, 3.63) is 72.2 Å². The quantitative estimate of drug-likeness (QED) is 0.454. The van der Waals surface area contributed by atoms with Crippen molar-refractivity contribution in [3.63, 3.8) is 0 Å². The molecule has 4 aromatic rings. The van der Waals surface area contributed by atoms with Crippen molar-refractivity contribution in [3.8, 4) is 11.4 Å². The van der Waals surface area contributed by atoms with E-state index < -0.39 is 0 Å². The molecule has 2 aliphatic rings. The third kappa shape index (κ3) is 3.96. The van der Waals surface area contributed by atoms with Gasteiger partial charge in [0.2, 0.25) is 5.91 Å². The van der Waals surface area contributed by atoms with E-state index in [-0.39, 0.29) is 17.8 Å². The van der Waals surface area contributed by atoms with Crippen molar-refractivity contribution in [2.24, 2.45) is 0 Å². The van der Waals surface area contributed by atoms with Crippen LogP contribution in [0.4, 0.5) is 16.0 Å². The van der Waals surface area contributed by atoms with Crippen LogP contribution >= 0.6 is 0 Å². The Labute approximate surface area is 202 Å². The van der Waals surface area contributed by atoms with Crippen molar-refractivity contribution in [1.82, 2.24) is 24.5 Å². The zero-order chi connectivity index (χ0) is 23.9. The van der Waals surface area contributed by atoms with E-state index in [9.17, 15) is 9.18 Å². The van der Waals surface area contributed by atoms with Crippen LogP contribution in [0.15, 0.2) is 60.8 Å². The highest BCUT2D eigenvalue weighted by Crippen LogP contribution is 2.35. The van der Waals surface area contributed by atoms with Crippen LogP contribution in [0.5, 0.6) is 0 Å². The summed E-state index contributed by atoms with van der Waals surface area (Å²) in [4.78, 5) is 27.5. The zero-order valence-electron chi connectivity index (χ0n) is 19.5. The van der Waals surface area contributed by atoms with E-state index in [2.05, 4.69) is 9.88 Å². The number of hydrogen-bond acceptors (Lipinski definition) is 6. The summed E-state index contributed by atoms with van der Waals surface area (Å²) < 4.78 is 15.7. The van der Waals surface area contributed by atoms with Crippen LogP contribution in [-0.4, -0.2) is 63.6 Å². The van der Waals surface area contributed by atoms with E-state index in [1.165, 1.54) is 6.07 Å². The monoisotopic (exact) mass is 471 g/mol. The summed E-state index contributed by atoms with van der Waals surface area (Å²) >= 11 is 0. The van der Waals surface area contributed by atoms with Crippen molar-refractivity contribution in [2.45, 2.75) is 18.9 Å². The Morgan fingerprint density at radius 3 is 2.74 bits per heavy atom. The van der Waals surface area contributed by atoms with Crippen LogP contribution in [0.1, 0.15) is 24.4 Å². The fourth-order valence-electron chi connectivity index (χ4n) is 4.99. The van der Waals surface area contributed by atoms with Crippen LogP contribution in [0.3, 0.4) is 0 Å². The summed E-state index contributed by atoms with van der Waals surface area (Å²) in [6, 6.07) is 16.7. The van der Waals surface area contributed by atoms with Gasteiger partial charge in [-0.15, -0.1) is 5.10 Å². The maximum atomic E-state index is 13.9. The van der Waals surface area contributed by atoms with Gasteiger partial charge in [0.1, 0.15) is 23.1 Å². The molecule has 1 aromatic carbocycles. The second kappa shape index (κ2) is 8.65. The fourth-order valence-corrected chi connectivity index (χ4v) is 4.99. The van der Waals surface area contributed by atoms with Gasteiger partial charge in [0, 0.05) is 26.7 Å². The SMILES string of the molecule is CN1CCN(c2cccc(-c3cnc4ccc(N5CCCC5c5cccc(F)c5)nn34)n2)CC1=O. The summed E-state index contributed by atoms with van der Waals surface area (Å²) in [7, 11) is 1.82. The van der Waals surface area contributed by atoms with Crippen molar-refractivity contribution >= 4 is 23.2 Å². The highest BCUT2D eigenvalue weighted by Gasteiger charge is 2.28. The van der Waals surface area contributed by atoms with E-state index in [0.29, 0.717) is 13.1 Å². The Morgan fingerprint density at radius 1 is 1.00 bits per heavy atom. The Hall–Kier alpha value is -4.01. The molecule has 1 unspecified atom stereocenters. The smallest absolute Gasteiger partial charge is 0.241 e. The highest BCUT2D eigenvalue weighted by atomic mass is 19.1. The van der Waals surface area contributed by atoms with Gasteiger partial charge in [-0.1, -0.05) is 18.2 Å². The number of halogens is 1. The van der Waals surface area contributed by atoms with Gasteiger partial charge < -0.3 is 14.7 Å². The Kier molecular flexibility index (Phi) is 5.32. The number of hydrogen-bond donors (Lipinski definition) is 0. The summed E-state index contributed by atoms with van der Waals surface area (Å²) in [5, 5.41) is 4.93. The predicted octanol–water partition coefficient (Wildman–Crippen LogP) is 3.55. The number of anilines is 2. The van der Waals surface area contributed by atoms with Gasteiger partial charge in [-0.2, -0.15) is 0 Å². The number of nitrogens with zero attached hydrogens (tertiary/aromatic N) is 7. The molecule has 1 atom stereocenters. The van der Waals surface area contributed by atoms with Gasteiger partial charge >= 0.3 is 0 Å². The number of carbonyl (C=O) groups excluding carboxylic acids is 1. The molecule has 2 saturated heterocycles. The minimum atomic E-state index is -0.220. The minimum Gasteiger partial charge on any atom is -0.348 e. The normalized spacial score (nSPS) is 18.6. The van der Waals surface area contributed by atoms with Gasteiger partial charge in [0.05, 0.1) is 24.5 Å². The van der Waals surface area contributed by atoms with Gasteiger partial charge in [0.25, 0.3) is 0 Å². The molecule has 8 nitrogen and oxygen atoms in total. The van der Waals surface area contributed by atoms with Crippen LogP contribution in [-0.2, 0) is 4.79 Å². The lowest BCUT2D eigenvalue weighted by Crippen LogP contribution is -2.48. The van der Waals surface area contributed by atoms with Gasteiger partial charge in [-0.3, -0.25) is 4.79 Å². The Balaban J connectivity index is 1.34. The van der Waals surface area contributed by atoms with Crippen LogP contribution in [0.25, 0.3) is 17.0 Å². The molecule has 0 saturated carbocycles. The maximum Gasteiger partial charge on any atom is 0.241 e. The molecule has 9 heteroatoms. The van der Waals surface area contributed by atoms with Crippen molar-refractivity contribution in [1.29, 1.82) is 0 Å². The summed E-state index contributed by atoms with van der Waals surface area (Å²) in [6.45, 7) is 2.59. The molecule has 0 spiro atoms. The molecule has 0 N–H and O–H groups in total. The van der Waals surface area contributed by atoms with E-state index in [1.807, 2.05) is 52.9 Å². The Bertz CT molecular complexity index is 1400. The molecule has 35 heavy (non-hydrogen) atoms. The maximum absolute atomic E-state index is 13.9. The fraction of sp³-hybridized carbons (Fsp3) is 0.308. The summed E-state index contributed by atoms with van der Waals surface area (Å²) in [6.07, 6.45) is 3.75. The highest BCUT2D eigenvalue weighted by molar-refractivity contribution is 5.82. The minimum absolute atomic E-state index is 0.0823. The largest absolute Gasteiger partial charge is 0.348 e. The number of likely N-dealkylation sites (N-methyl/N-ethyl adjacent to an activating group) is 1. The molecular formula is C26H26FN7O. The van der Waals surface area contributed by atoms with Crippen LogP contribution in [0, 0.1) is 5.82 Å². The average molecular weight is 472 g/mol. The van der Waals surface area contributed by atoms with E-state index >= 15 is 0 Å². The zero-order valence-corrected chi connectivity index (χ0v) is 19.5. The first-order valence-electron chi connectivity index (χ1n) is 11.9. The molecule has 0 aliphatic carbocycles. The lowest BCUT2D eigenvalue weighted by atomic mass is 10.0. The number of pyridine rings is 1. The van der Waals surface area contributed by atoms with Crippen LogP contribution < -0.4 is 9.80 Å². The molecular weight excluding hydrogens is 445 g/mol. The number of benzene rings is 1. The van der Waals surface area contributed by atoms with Crippen molar-refractivity contribution in [2.75, 3.05) is 43.0 Å². The molecule has 178 valence electrons. The lowest BCUT2D eigenvalue weighted by Gasteiger charge is -2.32. The number of aromatic nitrogens is 4. The molecule has 0 bridgehead atoms. The van der Waals surface area contributed by atoms with Gasteiger partial charge in [-0.05, 0) is 54.8 Å². The average Bonchev–Trinajstić information content (AvgIpc) is 3.53. The number of imidazole rings is 1. The molecule has 3 aromatic heterocycles. The topological polar surface area (TPSA) is 69.9 Å². The number of amides is 1. The number of fused-ring (bicyclic) bond motifs is 1. The molecule has 2 aliphatic heterocycles. The first kappa shape index (κ1) is 21.5. The van der Waals surface area contributed by atoms with E-state index in [0.717, 1.165) is 60.2 Å². The van der Waals surface area contributed by atoms with Gasteiger partial charge in [0.15, 0.2) is 5.65 Å². The lowest BCUT2D eigenvalue weighted by molar-refractivity contribution is -0.129. The molecule has 6 rings (SSSR count). The van der Waals surface area contributed by atoms with Crippen molar-refractivity contribution < 1.29 is 9.18 Å². The van der Waals surface area contributed by atoms with Crippen LogP contribution in [0.2, 0.25) is 0 Å². The number of rotatable bonds is 4. The third-order valence-corrected chi connectivity index (χ3v) is 6.91. The standard InChI is InChI=1S/C26H26FN7O/c1-31-13-14-32(17-26(31)35)24-9-3-7-20(29-24)22-16-28-23-10-11-25(30-34(22)23)33-12-4-8-21(33)18-5-2-6-19(27)15-18/h2-3,5-7,9-11,15-16,21H,4,8,12-14,17H2,1H3. The van der Waals surface area contributed by atoms with E-state index in [1.54, 1.807) is 23.2 Å². The van der Waals surface area contributed by atoms with E-state index in [4.69, 9.17) is 10.1 Å². The first-order chi connectivity index (χ1) is 17.1. The third-order valence-electron chi connectivity index (χ3n) is 6.91. The summed E-state index contributed by atoms with van der Waals surface area (Å²) in [5.41, 5.74) is 3.22. The number of piperazine rings is 1. The Morgan fingerprint density at radius 2 is 1.89 bits per heavy atom. The second-order valence-corrected chi connectivity index (χ2v) is 9.13. The molecule has 2 fully saturated rings. The molecule has 5 heterocycles. The molecule has 0 radical (unpaired) electrons. The molecule has 1 amide bonds. The number of carbonyl (C=O) groups is 1. The van der Waals surface area contributed by atoms with Gasteiger partial charge in [-0.25, -0.2) is 18.9 Å². The summed E-state index contributed by atoms with van der Waals surface area (Å²) in [5.74, 6) is 1.45. The predicted molar refractivity (Wildman–Crippen MR) is 132 cm³/mol. The first-order valence-corrected chi connectivity index (χ1v) is 11.9.